The molecular formula is C21H32O7. The van der Waals surface area contributed by atoms with Gasteiger partial charge >= 0.3 is 0 Å². The molecule has 5 N–H and O–H groups in total. The van der Waals surface area contributed by atoms with Gasteiger partial charge in [0, 0.05) is 30.3 Å². The van der Waals surface area contributed by atoms with Gasteiger partial charge in [-0.15, -0.1) is 0 Å². The summed E-state index contributed by atoms with van der Waals surface area (Å²) < 4.78 is 11.7. The van der Waals surface area contributed by atoms with Gasteiger partial charge in [-0.3, -0.25) is 0 Å². The second kappa shape index (κ2) is 5.38. The average molecular weight is 396 g/mol. The highest BCUT2D eigenvalue weighted by atomic mass is 16.8. The Labute approximate surface area is 165 Å². The molecule has 2 aliphatic heterocycles. The van der Waals surface area contributed by atoms with E-state index in [4.69, 9.17) is 9.47 Å². The van der Waals surface area contributed by atoms with Crippen LogP contribution in [-0.2, 0) is 9.47 Å². The first kappa shape index (κ1) is 19.4. The summed E-state index contributed by atoms with van der Waals surface area (Å²) in [5.41, 5.74) is -2.42. The minimum absolute atomic E-state index is 0.265. The summed E-state index contributed by atoms with van der Waals surface area (Å²) in [6.45, 7) is 8.08. The maximum absolute atomic E-state index is 11.9. The average Bonchev–Trinajstić information content (AvgIpc) is 2.73. The standard InChI is InChI=1S/C21H32O7/c1-9-10-8-11(22)12-19-7-5-6-18(2,3)13(19)16(25)21(26,28-17(19)27-4)20(12,14(9)23)15(10)24/h10-17,22-26H,1,5-8H2,2-4H3/t10-,11-,12-,13+,14+,15+,16-,17-,19-,20-,21+/m0/s1. The molecule has 2 spiro atoms. The Hall–Kier alpha value is -0.540. The lowest BCUT2D eigenvalue weighted by atomic mass is 9.35. The summed E-state index contributed by atoms with van der Waals surface area (Å²) >= 11 is 0. The van der Waals surface area contributed by atoms with Gasteiger partial charge < -0.3 is 35.0 Å². The Morgan fingerprint density at radius 1 is 1.07 bits per heavy atom. The fourth-order valence-electron chi connectivity index (χ4n) is 8.55. The molecule has 7 heteroatoms. The molecule has 4 saturated carbocycles. The SMILES string of the molecule is C=C1[C@@H](O)[C@]23[C@H](O)[C@H]1C[C@H](O)[C@H]2[C@@]12CCCC(C)(C)[C@H]1[C@H](O)[C@@]3(O)O[C@@H]2OC. The molecule has 0 aromatic heterocycles. The highest BCUT2D eigenvalue weighted by Gasteiger charge is 2.88. The minimum atomic E-state index is -2.25. The van der Waals surface area contributed by atoms with Crippen LogP contribution in [0.2, 0.25) is 0 Å². The molecule has 11 atom stereocenters. The summed E-state index contributed by atoms with van der Waals surface area (Å²) in [5, 5.41) is 57.3. The van der Waals surface area contributed by atoms with Crippen molar-refractivity contribution >= 4 is 0 Å². The predicted molar refractivity (Wildman–Crippen MR) is 97.6 cm³/mol. The number of hydrogen-bond donors (Lipinski definition) is 5. The molecule has 2 heterocycles. The Morgan fingerprint density at radius 3 is 2.39 bits per heavy atom. The van der Waals surface area contributed by atoms with E-state index in [1.54, 1.807) is 0 Å². The zero-order valence-electron chi connectivity index (χ0n) is 16.7. The second-order valence-electron chi connectivity index (χ2n) is 10.5. The van der Waals surface area contributed by atoms with E-state index >= 15 is 0 Å². The van der Waals surface area contributed by atoms with Gasteiger partial charge in [0.25, 0.3) is 0 Å². The lowest BCUT2D eigenvalue weighted by molar-refractivity contribution is -0.521. The molecule has 4 bridgehead atoms. The minimum Gasteiger partial charge on any atom is -0.393 e. The Balaban J connectivity index is 1.84. The Kier molecular flexibility index (Phi) is 3.73. The molecule has 6 fully saturated rings. The van der Waals surface area contributed by atoms with Crippen molar-refractivity contribution in [3.63, 3.8) is 0 Å². The number of rotatable bonds is 1. The molecular weight excluding hydrogens is 364 g/mol. The van der Waals surface area contributed by atoms with E-state index in [1.165, 1.54) is 7.11 Å². The van der Waals surface area contributed by atoms with E-state index in [0.717, 1.165) is 12.8 Å². The number of hydrogen-bond acceptors (Lipinski definition) is 7. The molecule has 0 aromatic rings. The molecule has 7 nitrogen and oxygen atoms in total. The third kappa shape index (κ3) is 1.67. The van der Waals surface area contributed by atoms with Crippen molar-refractivity contribution in [2.24, 2.45) is 34.0 Å². The van der Waals surface area contributed by atoms with Crippen LogP contribution in [-0.4, -0.2) is 69.1 Å². The van der Waals surface area contributed by atoms with Crippen LogP contribution in [0.3, 0.4) is 0 Å². The third-order valence-corrected chi connectivity index (χ3v) is 9.25. The summed E-state index contributed by atoms with van der Waals surface area (Å²) in [5.74, 6) is -3.89. The number of aliphatic hydroxyl groups is 5. The normalized spacial score (nSPS) is 61.8. The summed E-state index contributed by atoms with van der Waals surface area (Å²) in [6.07, 6.45) is -2.91. The highest BCUT2D eigenvalue weighted by molar-refractivity contribution is 5.38. The van der Waals surface area contributed by atoms with E-state index in [-0.39, 0.29) is 11.8 Å². The van der Waals surface area contributed by atoms with Crippen molar-refractivity contribution in [1.82, 2.24) is 0 Å². The zero-order valence-corrected chi connectivity index (χ0v) is 16.7. The molecule has 6 rings (SSSR count). The summed E-state index contributed by atoms with van der Waals surface area (Å²) in [7, 11) is 1.50. The predicted octanol–water partition coefficient (Wildman–Crippen LogP) is 0.140. The van der Waals surface area contributed by atoms with Crippen molar-refractivity contribution in [3.05, 3.63) is 12.2 Å². The molecule has 4 aliphatic carbocycles. The quantitative estimate of drug-likeness (QED) is 0.400. The van der Waals surface area contributed by atoms with E-state index < -0.39 is 65.1 Å². The van der Waals surface area contributed by atoms with Gasteiger partial charge in [-0.05, 0) is 30.3 Å². The van der Waals surface area contributed by atoms with Crippen LogP contribution in [0.4, 0.5) is 0 Å². The van der Waals surface area contributed by atoms with Crippen molar-refractivity contribution in [3.8, 4) is 0 Å². The first-order chi connectivity index (χ1) is 13.0. The number of aliphatic hydroxyl groups excluding tert-OH is 4. The van der Waals surface area contributed by atoms with Crippen molar-refractivity contribution < 1.29 is 35.0 Å². The maximum atomic E-state index is 11.9. The number of fused-ring (bicyclic) bond motifs is 2. The van der Waals surface area contributed by atoms with Crippen LogP contribution in [0.15, 0.2) is 12.2 Å². The topological polar surface area (TPSA) is 120 Å². The van der Waals surface area contributed by atoms with Crippen LogP contribution < -0.4 is 0 Å². The highest BCUT2D eigenvalue weighted by Crippen LogP contribution is 2.78. The lowest BCUT2D eigenvalue weighted by Gasteiger charge is -2.76. The molecule has 0 unspecified atom stereocenters. The number of ether oxygens (including phenoxy) is 2. The molecule has 0 amide bonds. The van der Waals surface area contributed by atoms with Crippen LogP contribution in [0.5, 0.6) is 0 Å². The van der Waals surface area contributed by atoms with E-state index in [0.29, 0.717) is 12.0 Å². The second-order valence-corrected chi connectivity index (χ2v) is 10.5. The van der Waals surface area contributed by atoms with Crippen LogP contribution >= 0.6 is 0 Å². The lowest BCUT2D eigenvalue weighted by Crippen LogP contribution is -2.87. The Bertz CT molecular complexity index is 724. The fraction of sp³-hybridized carbons (Fsp3) is 0.905. The van der Waals surface area contributed by atoms with Gasteiger partial charge in [-0.25, -0.2) is 0 Å². The van der Waals surface area contributed by atoms with Crippen molar-refractivity contribution in [2.45, 2.75) is 76.0 Å². The van der Waals surface area contributed by atoms with Gasteiger partial charge in [0.2, 0.25) is 5.79 Å². The van der Waals surface area contributed by atoms with Crippen LogP contribution in [0.1, 0.15) is 39.5 Å². The van der Waals surface area contributed by atoms with E-state index in [2.05, 4.69) is 20.4 Å². The fourth-order valence-corrected chi connectivity index (χ4v) is 8.55. The van der Waals surface area contributed by atoms with Gasteiger partial charge in [0.05, 0.1) is 23.7 Å². The largest absolute Gasteiger partial charge is 0.393 e. The maximum Gasteiger partial charge on any atom is 0.206 e. The summed E-state index contributed by atoms with van der Waals surface area (Å²) in [4.78, 5) is 0. The van der Waals surface area contributed by atoms with Gasteiger partial charge in [0.15, 0.2) is 6.29 Å². The first-order valence-electron chi connectivity index (χ1n) is 10.4. The monoisotopic (exact) mass is 396 g/mol. The molecule has 0 aromatic carbocycles. The smallest absolute Gasteiger partial charge is 0.206 e. The Morgan fingerprint density at radius 2 is 1.75 bits per heavy atom. The van der Waals surface area contributed by atoms with Gasteiger partial charge in [-0.1, -0.05) is 26.8 Å². The van der Waals surface area contributed by atoms with Gasteiger partial charge in [0.1, 0.15) is 6.10 Å². The van der Waals surface area contributed by atoms with E-state index in [1.807, 2.05) is 0 Å². The van der Waals surface area contributed by atoms with Crippen LogP contribution in [0, 0.1) is 34.0 Å². The third-order valence-electron chi connectivity index (χ3n) is 9.25. The van der Waals surface area contributed by atoms with Gasteiger partial charge in [-0.2, -0.15) is 0 Å². The molecule has 158 valence electrons. The zero-order chi connectivity index (χ0) is 20.4. The van der Waals surface area contributed by atoms with Crippen molar-refractivity contribution in [1.29, 1.82) is 0 Å². The van der Waals surface area contributed by atoms with Crippen molar-refractivity contribution in [2.75, 3.05) is 7.11 Å². The molecule has 2 saturated heterocycles. The molecule has 6 aliphatic rings. The van der Waals surface area contributed by atoms with Crippen LogP contribution in [0.25, 0.3) is 0 Å². The summed E-state index contributed by atoms with van der Waals surface area (Å²) in [6, 6.07) is 0. The molecule has 0 radical (unpaired) electrons. The first-order valence-corrected chi connectivity index (χ1v) is 10.4. The van der Waals surface area contributed by atoms with E-state index in [9.17, 15) is 25.5 Å². The number of methoxy groups -OCH3 is 1. The molecule has 28 heavy (non-hydrogen) atoms.